The van der Waals surface area contributed by atoms with E-state index in [1.165, 1.54) is 5.56 Å². The molecule has 0 saturated carbocycles. The van der Waals surface area contributed by atoms with Crippen LogP contribution in [0.25, 0.3) is 5.69 Å². The van der Waals surface area contributed by atoms with Crippen LogP contribution in [0, 0.1) is 0 Å². The molecule has 4 rings (SSSR count). The van der Waals surface area contributed by atoms with Gasteiger partial charge in [0, 0.05) is 24.8 Å². The summed E-state index contributed by atoms with van der Waals surface area (Å²) in [6.07, 6.45) is 1.18. The van der Waals surface area contributed by atoms with Crippen molar-refractivity contribution in [2.24, 2.45) is 0 Å². The van der Waals surface area contributed by atoms with E-state index in [4.69, 9.17) is 9.84 Å². The Morgan fingerprint density at radius 2 is 1.57 bits per heavy atom. The first-order valence-corrected chi connectivity index (χ1v) is 9.95. The van der Waals surface area contributed by atoms with E-state index in [1.54, 1.807) is 11.8 Å². The van der Waals surface area contributed by atoms with Crippen LogP contribution in [-0.2, 0) is 13.1 Å². The van der Waals surface area contributed by atoms with Crippen molar-refractivity contribution in [1.82, 2.24) is 15.1 Å². The number of methoxy groups -OCH3 is 1. The van der Waals surface area contributed by atoms with Gasteiger partial charge in [0.15, 0.2) is 0 Å². The maximum atomic E-state index is 11.0. The number of aliphatic hydroxyl groups excluding tert-OH is 1. The number of benzene rings is 3. The van der Waals surface area contributed by atoms with E-state index < -0.39 is 6.10 Å². The molecule has 0 aliphatic carbocycles. The molecule has 4 aromatic rings. The molecule has 1 atom stereocenters. The fourth-order valence-electron chi connectivity index (χ4n) is 3.39. The fourth-order valence-corrected chi connectivity index (χ4v) is 3.39. The molecular formula is C25H25N3O2. The van der Waals surface area contributed by atoms with E-state index in [0.29, 0.717) is 12.2 Å². The van der Waals surface area contributed by atoms with Gasteiger partial charge in [-0.25, -0.2) is 4.68 Å². The Labute approximate surface area is 176 Å². The van der Waals surface area contributed by atoms with Crippen LogP contribution < -0.4 is 10.1 Å². The molecule has 1 heterocycles. The molecule has 152 valence electrons. The van der Waals surface area contributed by atoms with Crippen molar-refractivity contribution in [3.63, 3.8) is 0 Å². The Morgan fingerprint density at radius 1 is 0.900 bits per heavy atom. The molecule has 2 N–H and O–H groups in total. The lowest BCUT2D eigenvalue weighted by atomic mass is 10.0. The number of aliphatic hydroxyl groups is 1. The monoisotopic (exact) mass is 399 g/mol. The molecular weight excluding hydrogens is 374 g/mol. The second kappa shape index (κ2) is 9.39. The molecule has 1 unspecified atom stereocenters. The van der Waals surface area contributed by atoms with Crippen LogP contribution in [0.3, 0.4) is 0 Å². The molecule has 0 radical (unpaired) electrons. The molecule has 0 fully saturated rings. The van der Waals surface area contributed by atoms with E-state index in [0.717, 1.165) is 29.1 Å². The van der Waals surface area contributed by atoms with E-state index >= 15 is 0 Å². The van der Waals surface area contributed by atoms with Crippen LogP contribution in [0.4, 0.5) is 0 Å². The Kier molecular flexibility index (Phi) is 6.23. The smallest absolute Gasteiger partial charge is 0.123 e. The van der Waals surface area contributed by atoms with Crippen molar-refractivity contribution in [3.8, 4) is 11.4 Å². The maximum Gasteiger partial charge on any atom is 0.123 e. The van der Waals surface area contributed by atoms with Gasteiger partial charge in [-0.15, -0.1) is 0 Å². The van der Waals surface area contributed by atoms with Crippen LogP contribution in [0.5, 0.6) is 5.75 Å². The molecule has 0 bridgehead atoms. The zero-order valence-corrected chi connectivity index (χ0v) is 16.9. The van der Waals surface area contributed by atoms with Gasteiger partial charge in [-0.3, -0.25) is 0 Å². The normalized spacial score (nSPS) is 11.9. The summed E-state index contributed by atoms with van der Waals surface area (Å²) in [5.41, 5.74) is 4.55. The molecule has 5 nitrogen and oxygen atoms in total. The van der Waals surface area contributed by atoms with Crippen molar-refractivity contribution in [2.75, 3.05) is 7.11 Å². The first-order chi connectivity index (χ1) is 14.7. The highest BCUT2D eigenvalue weighted by molar-refractivity contribution is 5.39. The number of hydrogen-bond acceptors (Lipinski definition) is 4. The predicted molar refractivity (Wildman–Crippen MR) is 118 cm³/mol. The molecule has 3 aromatic carbocycles. The van der Waals surface area contributed by atoms with Gasteiger partial charge in [-0.1, -0.05) is 60.7 Å². The van der Waals surface area contributed by atoms with Gasteiger partial charge in [0.05, 0.1) is 12.8 Å². The van der Waals surface area contributed by atoms with Gasteiger partial charge >= 0.3 is 0 Å². The Balaban J connectivity index is 1.60. The van der Waals surface area contributed by atoms with Crippen LogP contribution in [0.15, 0.2) is 91.1 Å². The Bertz CT molecular complexity index is 1060. The van der Waals surface area contributed by atoms with E-state index in [2.05, 4.69) is 17.4 Å². The highest BCUT2D eigenvalue weighted by atomic mass is 16.5. The van der Waals surface area contributed by atoms with Crippen LogP contribution in [0.2, 0.25) is 0 Å². The van der Waals surface area contributed by atoms with Gasteiger partial charge in [0.2, 0.25) is 0 Å². The van der Waals surface area contributed by atoms with E-state index in [1.807, 2.05) is 79.0 Å². The van der Waals surface area contributed by atoms with Crippen molar-refractivity contribution < 1.29 is 9.84 Å². The average Bonchev–Trinajstić information content (AvgIpc) is 3.24. The number of rotatable bonds is 8. The summed E-state index contributed by atoms with van der Waals surface area (Å²) in [6.45, 7) is 1.35. The van der Waals surface area contributed by atoms with Gasteiger partial charge in [0.25, 0.3) is 0 Å². The maximum absolute atomic E-state index is 11.0. The summed E-state index contributed by atoms with van der Waals surface area (Å²) in [5, 5.41) is 19.2. The third-order valence-electron chi connectivity index (χ3n) is 5.02. The first-order valence-electron chi connectivity index (χ1n) is 9.95. The van der Waals surface area contributed by atoms with Crippen molar-refractivity contribution in [2.45, 2.75) is 19.2 Å². The summed E-state index contributed by atoms with van der Waals surface area (Å²) >= 11 is 0. The molecule has 30 heavy (non-hydrogen) atoms. The highest BCUT2D eigenvalue weighted by Gasteiger charge is 2.19. The molecule has 5 heteroatoms. The van der Waals surface area contributed by atoms with Crippen LogP contribution in [-0.4, -0.2) is 22.0 Å². The second-order valence-electron chi connectivity index (χ2n) is 7.08. The molecule has 0 amide bonds. The Hall–Kier alpha value is -3.41. The summed E-state index contributed by atoms with van der Waals surface area (Å²) in [4.78, 5) is 0. The van der Waals surface area contributed by atoms with Gasteiger partial charge in [0.1, 0.15) is 17.5 Å². The number of ether oxygens (including phenoxy) is 1. The lowest BCUT2D eigenvalue weighted by molar-refractivity contribution is 0.213. The highest BCUT2D eigenvalue weighted by Crippen LogP contribution is 2.25. The first kappa shape index (κ1) is 19.9. The lowest BCUT2D eigenvalue weighted by Gasteiger charge is -2.11. The molecule has 1 aromatic heterocycles. The summed E-state index contributed by atoms with van der Waals surface area (Å²) in [6, 6.07) is 27.6. The van der Waals surface area contributed by atoms with Gasteiger partial charge in [-0.2, -0.15) is 5.10 Å². The van der Waals surface area contributed by atoms with Crippen LogP contribution in [0.1, 0.15) is 28.5 Å². The zero-order valence-electron chi connectivity index (χ0n) is 16.9. The summed E-state index contributed by atoms with van der Waals surface area (Å²) in [7, 11) is 1.65. The number of nitrogens with one attached hydrogen (secondary N) is 1. The lowest BCUT2D eigenvalue weighted by Crippen LogP contribution is -2.14. The standard InChI is InChI=1S/C25H25N3O2/c1-30-23-14-12-22(13-15-23)28-18-21(17-26-16-19-8-4-2-5-9-19)24(27-28)25(29)20-10-6-3-7-11-20/h2-15,18,25-26,29H,16-17H2,1H3. The number of nitrogens with zero attached hydrogens (tertiary/aromatic N) is 2. The topological polar surface area (TPSA) is 59.3 Å². The quantitative estimate of drug-likeness (QED) is 0.465. The summed E-state index contributed by atoms with van der Waals surface area (Å²) in [5.74, 6) is 0.792. The van der Waals surface area contributed by atoms with Gasteiger partial charge < -0.3 is 15.2 Å². The predicted octanol–water partition coefficient (Wildman–Crippen LogP) is 4.25. The minimum Gasteiger partial charge on any atom is -0.497 e. The Morgan fingerprint density at radius 3 is 2.23 bits per heavy atom. The average molecular weight is 399 g/mol. The SMILES string of the molecule is COc1ccc(-n2cc(CNCc3ccccc3)c(C(O)c3ccccc3)n2)cc1. The molecule has 0 aliphatic rings. The number of hydrogen-bond donors (Lipinski definition) is 2. The molecule has 0 aliphatic heterocycles. The van der Waals surface area contributed by atoms with Crippen molar-refractivity contribution >= 4 is 0 Å². The number of aromatic nitrogens is 2. The minimum absolute atomic E-state index is 0.601. The van der Waals surface area contributed by atoms with Crippen molar-refractivity contribution in [1.29, 1.82) is 0 Å². The largest absolute Gasteiger partial charge is 0.497 e. The van der Waals surface area contributed by atoms with E-state index in [9.17, 15) is 5.11 Å². The third-order valence-corrected chi connectivity index (χ3v) is 5.02. The van der Waals surface area contributed by atoms with E-state index in [-0.39, 0.29) is 0 Å². The fraction of sp³-hybridized carbons (Fsp3) is 0.160. The summed E-state index contributed by atoms with van der Waals surface area (Å²) < 4.78 is 7.05. The second-order valence-corrected chi connectivity index (χ2v) is 7.08. The minimum atomic E-state index is -0.792. The van der Waals surface area contributed by atoms with Crippen molar-refractivity contribution in [3.05, 3.63) is 114 Å². The zero-order chi connectivity index (χ0) is 20.8. The van der Waals surface area contributed by atoms with Crippen LogP contribution >= 0.6 is 0 Å². The molecule has 0 saturated heterocycles. The van der Waals surface area contributed by atoms with Gasteiger partial charge in [-0.05, 0) is 35.4 Å². The third kappa shape index (κ3) is 4.59. The molecule has 0 spiro atoms.